The van der Waals surface area contributed by atoms with Crippen LogP contribution in [0.25, 0.3) is 10.4 Å². The third-order valence-corrected chi connectivity index (χ3v) is 3.35. The Morgan fingerprint density at radius 2 is 1.80 bits per heavy atom. The topological polar surface area (TPSA) is 16.1 Å². The van der Waals surface area contributed by atoms with E-state index in [4.69, 9.17) is 0 Å². The number of hydrogen-bond acceptors (Lipinski definition) is 3. The Hall–Kier alpha value is -1.35. The van der Waals surface area contributed by atoms with Crippen LogP contribution in [0.5, 0.6) is 0 Å². The fraction of sp³-hybridized carbons (Fsp3) is 0.250. The Morgan fingerprint density at radius 3 is 2.27 bits per heavy atom. The van der Waals surface area contributed by atoms with E-state index in [1.807, 2.05) is 20.3 Å². The molecule has 0 aliphatic rings. The minimum Gasteiger partial charge on any atom is -0.378 e. The van der Waals surface area contributed by atoms with E-state index in [0.717, 1.165) is 0 Å². The van der Waals surface area contributed by atoms with Crippen molar-refractivity contribution in [2.45, 2.75) is 6.92 Å². The fourth-order valence-electron chi connectivity index (χ4n) is 1.48. The second-order valence-corrected chi connectivity index (χ2v) is 4.58. The number of aromatic nitrogens is 1. The highest BCUT2D eigenvalue weighted by atomic mass is 32.1. The van der Waals surface area contributed by atoms with Gasteiger partial charge in [0.15, 0.2) is 0 Å². The number of aryl methyl sites for hydroxylation is 1. The highest BCUT2D eigenvalue weighted by Gasteiger charge is 2.04. The molecule has 0 unspecified atom stereocenters. The summed E-state index contributed by atoms with van der Waals surface area (Å²) >= 11 is 1.55. The van der Waals surface area contributed by atoms with Gasteiger partial charge in [-0.15, -0.1) is 0 Å². The minimum absolute atomic E-state index is 1.22. The molecular formula is C12H14N2S. The maximum Gasteiger partial charge on any atom is 0.0579 e. The molecule has 15 heavy (non-hydrogen) atoms. The van der Waals surface area contributed by atoms with Crippen molar-refractivity contribution >= 4 is 17.2 Å². The molecule has 0 aliphatic heterocycles. The van der Waals surface area contributed by atoms with Gasteiger partial charge in [0, 0.05) is 26.0 Å². The van der Waals surface area contributed by atoms with Gasteiger partial charge in [-0.25, -0.2) is 4.37 Å². The number of rotatable bonds is 2. The van der Waals surface area contributed by atoms with Crippen LogP contribution < -0.4 is 4.90 Å². The van der Waals surface area contributed by atoms with E-state index in [-0.39, 0.29) is 0 Å². The molecule has 0 amide bonds. The Morgan fingerprint density at radius 1 is 1.13 bits per heavy atom. The first-order valence-corrected chi connectivity index (χ1v) is 5.65. The third kappa shape index (κ3) is 2.02. The number of hydrogen-bond donors (Lipinski definition) is 0. The molecule has 0 atom stereocenters. The van der Waals surface area contributed by atoms with Crippen LogP contribution in [0.4, 0.5) is 5.69 Å². The van der Waals surface area contributed by atoms with Crippen LogP contribution in [0.1, 0.15) is 5.56 Å². The summed E-state index contributed by atoms with van der Waals surface area (Å²) in [5.74, 6) is 0. The van der Waals surface area contributed by atoms with E-state index >= 15 is 0 Å². The summed E-state index contributed by atoms with van der Waals surface area (Å²) in [6, 6.07) is 8.56. The van der Waals surface area contributed by atoms with E-state index in [1.165, 1.54) is 21.7 Å². The van der Waals surface area contributed by atoms with Gasteiger partial charge in [0.1, 0.15) is 0 Å². The highest BCUT2D eigenvalue weighted by molar-refractivity contribution is 7.09. The molecule has 3 heteroatoms. The smallest absolute Gasteiger partial charge is 0.0579 e. The van der Waals surface area contributed by atoms with Gasteiger partial charge >= 0.3 is 0 Å². The predicted molar refractivity (Wildman–Crippen MR) is 66.6 cm³/mol. The lowest BCUT2D eigenvalue weighted by atomic mass is 10.1. The standard InChI is InChI=1S/C12H14N2S/c1-9-8-13-15-12(9)10-4-6-11(7-5-10)14(2)3/h4-8H,1-3H3. The zero-order valence-electron chi connectivity index (χ0n) is 9.19. The van der Waals surface area contributed by atoms with E-state index in [0.29, 0.717) is 0 Å². The van der Waals surface area contributed by atoms with Crippen LogP contribution in [-0.2, 0) is 0 Å². The maximum atomic E-state index is 4.19. The lowest BCUT2D eigenvalue weighted by molar-refractivity contribution is 1.13. The molecule has 2 nitrogen and oxygen atoms in total. The summed E-state index contributed by atoms with van der Waals surface area (Å²) in [4.78, 5) is 3.36. The van der Waals surface area contributed by atoms with E-state index < -0.39 is 0 Å². The molecule has 2 aromatic rings. The molecule has 0 bridgehead atoms. The van der Waals surface area contributed by atoms with E-state index in [2.05, 4.69) is 40.5 Å². The maximum absolute atomic E-state index is 4.19. The molecule has 1 aromatic heterocycles. The predicted octanol–water partition coefficient (Wildman–Crippen LogP) is 3.18. The highest BCUT2D eigenvalue weighted by Crippen LogP contribution is 2.28. The van der Waals surface area contributed by atoms with Gasteiger partial charge in [-0.2, -0.15) is 0 Å². The molecule has 0 saturated heterocycles. The third-order valence-electron chi connectivity index (χ3n) is 2.39. The van der Waals surface area contributed by atoms with Crippen molar-refractivity contribution in [3.63, 3.8) is 0 Å². The van der Waals surface area contributed by atoms with E-state index in [9.17, 15) is 0 Å². The Labute approximate surface area is 94.3 Å². The largest absolute Gasteiger partial charge is 0.378 e. The minimum atomic E-state index is 1.22. The van der Waals surface area contributed by atoms with Gasteiger partial charge < -0.3 is 4.90 Å². The van der Waals surface area contributed by atoms with Crippen molar-refractivity contribution in [2.24, 2.45) is 0 Å². The first-order chi connectivity index (χ1) is 7.18. The SMILES string of the molecule is Cc1cnsc1-c1ccc(N(C)C)cc1. The van der Waals surface area contributed by atoms with Crippen molar-refractivity contribution in [3.05, 3.63) is 36.0 Å². The Balaban J connectivity index is 2.36. The molecular weight excluding hydrogens is 204 g/mol. The van der Waals surface area contributed by atoms with Crippen LogP contribution in [-0.4, -0.2) is 18.5 Å². The summed E-state index contributed by atoms with van der Waals surface area (Å²) in [6.07, 6.45) is 1.92. The lowest BCUT2D eigenvalue weighted by Gasteiger charge is -2.12. The summed E-state index contributed by atoms with van der Waals surface area (Å²) in [5.41, 5.74) is 3.72. The molecule has 1 heterocycles. The second-order valence-electron chi connectivity index (χ2n) is 3.78. The zero-order valence-corrected chi connectivity index (χ0v) is 10.0. The molecule has 0 saturated carbocycles. The van der Waals surface area contributed by atoms with Crippen molar-refractivity contribution in [3.8, 4) is 10.4 Å². The molecule has 0 fully saturated rings. The Bertz CT molecular complexity index is 443. The van der Waals surface area contributed by atoms with Crippen LogP contribution in [0.2, 0.25) is 0 Å². The van der Waals surface area contributed by atoms with Gasteiger partial charge in [-0.1, -0.05) is 12.1 Å². The monoisotopic (exact) mass is 218 g/mol. The van der Waals surface area contributed by atoms with Crippen LogP contribution in [0.3, 0.4) is 0 Å². The first-order valence-electron chi connectivity index (χ1n) is 4.87. The first kappa shape index (κ1) is 10.2. The molecule has 0 aliphatic carbocycles. The number of nitrogens with zero attached hydrogens (tertiary/aromatic N) is 2. The fourth-order valence-corrected chi connectivity index (χ4v) is 2.23. The number of benzene rings is 1. The molecule has 0 N–H and O–H groups in total. The summed E-state index contributed by atoms with van der Waals surface area (Å²) < 4.78 is 4.19. The van der Waals surface area contributed by atoms with Crippen molar-refractivity contribution in [1.29, 1.82) is 0 Å². The summed E-state index contributed by atoms with van der Waals surface area (Å²) in [7, 11) is 4.10. The second kappa shape index (κ2) is 4.03. The van der Waals surface area contributed by atoms with Gasteiger partial charge in [0.2, 0.25) is 0 Å². The average Bonchev–Trinajstić information content (AvgIpc) is 2.65. The van der Waals surface area contributed by atoms with Crippen LogP contribution in [0, 0.1) is 6.92 Å². The zero-order chi connectivity index (χ0) is 10.8. The van der Waals surface area contributed by atoms with Gasteiger partial charge in [-0.05, 0) is 41.7 Å². The van der Waals surface area contributed by atoms with Crippen LogP contribution in [0.15, 0.2) is 30.5 Å². The molecule has 0 radical (unpaired) electrons. The molecule has 78 valence electrons. The molecule has 0 spiro atoms. The quantitative estimate of drug-likeness (QED) is 0.769. The normalized spacial score (nSPS) is 10.3. The van der Waals surface area contributed by atoms with Gasteiger partial charge in [0.25, 0.3) is 0 Å². The molecule has 1 aromatic carbocycles. The molecule has 2 rings (SSSR count). The number of anilines is 1. The van der Waals surface area contributed by atoms with E-state index in [1.54, 1.807) is 11.5 Å². The van der Waals surface area contributed by atoms with Gasteiger partial charge in [-0.3, -0.25) is 0 Å². The lowest BCUT2D eigenvalue weighted by Crippen LogP contribution is -2.07. The van der Waals surface area contributed by atoms with Crippen LogP contribution >= 0.6 is 11.5 Å². The van der Waals surface area contributed by atoms with Crippen molar-refractivity contribution < 1.29 is 0 Å². The summed E-state index contributed by atoms with van der Waals surface area (Å²) in [5, 5.41) is 0. The average molecular weight is 218 g/mol. The summed E-state index contributed by atoms with van der Waals surface area (Å²) in [6.45, 7) is 2.10. The Kier molecular flexibility index (Phi) is 2.73. The van der Waals surface area contributed by atoms with Crippen molar-refractivity contribution in [1.82, 2.24) is 4.37 Å². The van der Waals surface area contributed by atoms with Gasteiger partial charge in [0.05, 0.1) is 4.88 Å². The van der Waals surface area contributed by atoms with Crippen molar-refractivity contribution in [2.75, 3.05) is 19.0 Å².